The maximum atomic E-state index is 11.2. The van der Waals surface area contributed by atoms with Gasteiger partial charge in [-0.15, -0.1) is 0 Å². The van der Waals surface area contributed by atoms with Crippen LogP contribution in [-0.4, -0.2) is 15.8 Å². The summed E-state index contributed by atoms with van der Waals surface area (Å²) in [6.07, 6.45) is 2.97. The highest BCUT2D eigenvalue weighted by molar-refractivity contribution is 5.81. The molecular formula is C9H10N4O3. The molecule has 1 aromatic heterocycles. The zero-order valence-corrected chi connectivity index (χ0v) is 8.34. The van der Waals surface area contributed by atoms with Crippen molar-refractivity contribution in [2.24, 2.45) is 5.92 Å². The lowest BCUT2D eigenvalue weighted by atomic mass is 10.4. The van der Waals surface area contributed by atoms with Gasteiger partial charge in [0.05, 0.1) is 4.92 Å². The molecule has 0 aromatic carbocycles. The molecule has 2 N–H and O–H groups in total. The van der Waals surface area contributed by atoms with Gasteiger partial charge < -0.3 is 0 Å². The number of carbonyl (C=O) groups is 1. The van der Waals surface area contributed by atoms with Gasteiger partial charge in [-0.1, -0.05) is 0 Å². The Morgan fingerprint density at radius 2 is 2.25 bits per heavy atom. The first kappa shape index (κ1) is 10.3. The van der Waals surface area contributed by atoms with E-state index in [-0.39, 0.29) is 17.5 Å². The summed E-state index contributed by atoms with van der Waals surface area (Å²) in [5, 5.41) is 10.4. The molecule has 1 fully saturated rings. The number of aromatic nitrogens is 1. The van der Waals surface area contributed by atoms with Gasteiger partial charge in [0.25, 0.3) is 5.69 Å². The number of amides is 1. The van der Waals surface area contributed by atoms with Crippen molar-refractivity contribution < 1.29 is 9.72 Å². The fourth-order valence-corrected chi connectivity index (χ4v) is 1.14. The van der Waals surface area contributed by atoms with Crippen LogP contribution in [0.15, 0.2) is 18.3 Å². The average molecular weight is 222 g/mol. The molecule has 0 radical (unpaired) electrons. The summed E-state index contributed by atoms with van der Waals surface area (Å²) in [6.45, 7) is 0. The van der Waals surface area contributed by atoms with E-state index in [9.17, 15) is 14.9 Å². The minimum absolute atomic E-state index is 0.0693. The Balaban J connectivity index is 1.89. The summed E-state index contributed by atoms with van der Waals surface area (Å²) < 4.78 is 0. The van der Waals surface area contributed by atoms with E-state index < -0.39 is 4.92 Å². The topological polar surface area (TPSA) is 97.2 Å². The first-order valence-corrected chi connectivity index (χ1v) is 4.83. The molecule has 1 amide bonds. The number of hydrogen-bond donors (Lipinski definition) is 2. The van der Waals surface area contributed by atoms with E-state index in [2.05, 4.69) is 15.8 Å². The Bertz CT molecular complexity index is 413. The molecule has 7 nitrogen and oxygen atoms in total. The molecule has 0 spiro atoms. The number of pyridine rings is 1. The van der Waals surface area contributed by atoms with Gasteiger partial charge in [-0.2, -0.15) is 0 Å². The minimum Gasteiger partial charge on any atom is -0.282 e. The van der Waals surface area contributed by atoms with Crippen LogP contribution in [0.25, 0.3) is 0 Å². The van der Waals surface area contributed by atoms with Crippen LogP contribution in [0.1, 0.15) is 12.8 Å². The second-order valence-electron chi connectivity index (χ2n) is 3.55. The summed E-state index contributed by atoms with van der Waals surface area (Å²) >= 11 is 0. The maximum Gasteiger partial charge on any atom is 0.287 e. The van der Waals surface area contributed by atoms with Crippen LogP contribution in [-0.2, 0) is 4.79 Å². The van der Waals surface area contributed by atoms with Crippen LogP contribution in [0.2, 0.25) is 0 Å². The van der Waals surface area contributed by atoms with Gasteiger partial charge in [-0.25, -0.2) is 4.98 Å². The van der Waals surface area contributed by atoms with Gasteiger partial charge in [0.2, 0.25) is 5.91 Å². The van der Waals surface area contributed by atoms with Gasteiger partial charge in [0, 0.05) is 12.0 Å². The first-order valence-electron chi connectivity index (χ1n) is 4.83. The largest absolute Gasteiger partial charge is 0.287 e. The van der Waals surface area contributed by atoms with E-state index in [1.165, 1.54) is 12.1 Å². The number of nitrogens with one attached hydrogen (secondary N) is 2. The lowest BCUT2D eigenvalue weighted by Gasteiger charge is -2.05. The van der Waals surface area contributed by atoms with Crippen molar-refractivity contribution in [2.75, 3.05) is 5.43 Å². The standard InChI is InChI=1S/C9H10N4O3/c14-9(6-1-2-6)12-11-8-4-3-7(5-10-8)13(15)16/h3-6H,1-2H2,(H,10,11)(H,12,14). The predicted octanol–water partition coefficient (Wildman–Crippen LogP) is 0.843. The molecular weight excluding hydrogens is 212 g/mol. The van der Waals surface area contributed by atoms with Crippen LogP contribution in [0.3, 0.4) is 0 Å². The van der Waals surface area contributed by atoms with Crippen LogP contribution in [0.4, 0.5) is 11.5 Å². The fraction of sp³-hybridized carbons (Fsp3) is 0.333. The molecule has 0 unspecified atom stereocenters. The van der Waals surface area contributed by atoms with Crippen molar-refractivity contribution in [2.45, 2.75) is 12.8 Å². The van der Waals surface area contributed by atoms with Crippen molar-refractivity contribution in [3.63, 3.8) is 0 Å². The molecule has 0 atom stereocenters. The molecule has 1 saturated carbocycles. The third-order valence-corrected chi connectivity index (χ3v) is 2.22. The molecule has 1 aliphatic rings. The van der Waals surface area contributed by atoms with Crippen molar-refractivity contribution in [1.29, 1.82) is 0 Å². The fourth-order valence-electron chi connectivity index (χ4n) is 1.14. The molecule has 1 aliphatic carbocycles. The maximum absolute atomic E-state index is 11.2. The van der Waals surface area contributed by atoms with E-state index in [0.29, 0.717) is 5.82 Å². The van der Waals surface area contributed by atoms with Crippen molar-refractivity contribution in [3.05, 3.63) is 28.4 Å². The van der Waals surface area contributed by atoms with Crippen molar-refractivity contribution in [1.82, 2.24) is 10.4 Å². The monoisotopic (exact) mass is 222 g/mol. The third-order valence-electron chi connectivity index (χ3n) is 2.22. The smallest absolute Gasteiger partial charge is 0.282 e. The van der Waals surface area contributed by atoms with E-state index in [1.54, 1.807) is 0 Å². The number of nitrogens with zero attached hydrogens (tertiary/aromatic N) is 2. The van der Waals surface area contributed by atoms with Crippen LogP contribution >= 0.6 is 0 Å². The van der Waals surface area contributed by atoms with E-state index in [4.69, 9.17) is 0 Å². The molecule has 7 heteroatoms. The summed E-state index contributed by atoms with van der Waals surface area (Å²) in [5.41, 5.74) is 5.00. The number of anilines is 1. The highest BCUT2D eigenvalue weighted by atomic mass is 16.6. The number of carbonyl (C=O) groups excluding carboxylic acids is 1. The van der Waals surface area contributed by atoms with Gasteiger partial charge in [-0.3, -0.25) is 25.8 Å². The second kappa shape index (κ2) is 4.13. The Kier molecular flexibility index (Phi) is 2.67. The molecule has 0 bridgehead atoms. The highest BCUT2D eigenvalue weighted by Gasteiger charge is 2.29. The van der Waals surface area contributed by atoms with Gasteiger partial charge >= 0.3 is 0 Å². The average Bonchev–Trinajstić information content (AvgIpc) is 3.10. The van der Waals surface area contributed by atoms with Crippen molar-refractivity contribution in [3.8, 4) is 0 Å². The normalized spacial score (nSPS) is 14.2. The summed E-state index contributed by atoms with van der Waals surface area (Å²) in [5.74, 6) is 0.408. The lowest BCUT2D eigenvalue weighted by molar-refractivity contribution is -0.385. The molecule has 16 heavy (non-hydrogen) atoms. The quantitative estimate of drug-likeness (QED) is 0.581. The summed E-state index contributed by atoms with van der Waals surface area (Å²) in [6, 6.07) is 2.75. The lowest BCUT2D eigenvalue weighted by Crippen LogP contribution is -2.30. The Morgan fingerprint density at radius 3 is 2.75 bits per heavy atom. The van der Waals surface area contributed by atoms with Crippen LogP contribution < -0.4 is 10.9 Å². The summed E-state index contributed by atoms with van der Waals surface area (Å²) in [7, 11) is 0. The van der Waals surface area contributed by atoms with Crippen LogP contribution in [0.5, 0.6) is 0 Å². The Hall–Kier alpha value is -2.18. The van der Waals surface area contributed by atoms with E-state index >= 15 is 0 Å². The molecule has 1 aromatic rings. The SMILES string of the molecule is O=C(NNc1ccc([N+](=O)[O-])cn1)C1CC1. The first-order chi connectivity index (χ1) is 7.66. The minimum atomic E-state index is -0.528. The molecule has 1 heterocycles. The van der Waals surface area contributed by atoms with E-state index in [0.717, 1.165) is 19.0 Å². The number of rotatable bonds is 4. The van der Waals surface area contributed by atoms with Gasteiger partial charge in [-0.05, 0) is 18.9 Å². The van der Waals surface area contributed by atoms with Gasteiger partial charge in [0.15, 0.2) is 0 Å². The number of hydrazine groups is 1. The molecule has 0 aliphatic heterocycles. The van der Waals surface area contributed by atoms with Crippen LogP contribution in [0, 0.1) is 16.0 Å². The summed E-state index contributed by atoms with van der Waals surface area (Å²) in [4.78, 5) is 24.9. The predicted molar refractivity (Wildman–Crippen MR) is 55.4 cm³/mol. The molecule has 2 rings (SSSR count). The number of nitro groups is 1. The Morgan fingerprint density at radius 1 is 1.50 bits per heavy atom. The highest BCUT2D eigenvalue weighted by Crippen LogP contribution is 2.28. The Labute approximate surface area is 91.0 Å². The molecule has 0 saturated heterocycles. The van der Waals surface area contributed by atoms with Crippen molar-refractivity contribution >= 4 is 17.4 Å². The zero-order valence-electron chi connectivity index (χ0n) is 8.34. The number of hydrogen-bond acceptors (Lipinski definition) is 5. The zero-order chi connectivity index (χ0) is 11.5. The van der Waals surface area contributed by atoms with E-state index in [1.807, 2.05) is 0 Å². The molecule has 84 valence electrons. The second-order valence-corrected chi connectivity index (χ2v) is 3.55. The van der Waals surface area contributed by atoms with Gasteiger partial charge in [0.1, 0.15) is 12.0 Å². The third kappa shape index (κ3) is 2.44.